The molecule has 0 aliphatic carbocycles. The summed E-state index contributed by atoms with van der Waals surface area (Å²) in [7, 11) is 0. The van der Waals surface area contributed by atoms with Crippen LogP contribution in [0.25, 0.3) is 0 Å². The normalized spacial score (nSPS) is 27.6. The van der Waals surface area contributed by atoms with Crippen molar-refractivity contribution < 1.29 is 28.4 Å². The fraction of sp³-hybridized carbons (Fsp3) is 0.333. The van der Waals surface area contributed by atoms with Gasteiger partial charge in [0.05, 0.1) is 19.8 Å². The zero-order valence-electron chi connectivity index (χ0n) is 20.0. The van der Waals surface area contributed by atoms with Gasteiger partial charge in [0, 0.05) is 5.56 Å². The Morgan fingerprint density at radius 2 is 1.31 bits per heavy atom. The van der Waals surface area contributed by atoms with Crippen LogP contribution in [-0.4, -0.2) is 43.9 Å². The molecule has 5 rings (SSSR count). The van der Waals surface area contributed by atoms with E-state index in [1.54, 1.807) is 0 Å². The van der Waals surface area contributed by atoms with Crippen LogP contribution in [0.2, 0.25) is 0 Å². The lowest BCUT2D eigenvalue weighted by Gasteiger charge is -2.48. The predicted molar refractivity (Wildman–Crippen MR) is 133 cm³/mol. The number of fused-ring (bicyclic) bond motifs is 1. The first kappa shape index (κ1) is 24.7. The molecule has 36 heavy (non-hydrogen) atoms. The van der Waals surface area contributed by atoms with E-state index in [1.807, 2.05) is 91.0 Å². The van der Waals surface area contributed by atoms with Crippen molar-refractivity contribution in [3.8, 4) is 12.3 Å². The third kappa shape index (κ3) is 6.03. The van der Waals surface area contributed by atoms with Gasteiger partial charge in [0.25, 0.3) is 0 Å². The van der Waals surface area contributed by atoms with Crippen LogP contribution in [0.15, 0.2) is 91.0 Å². The molecule has 6 heteroatoms. The molecule has 6 atom stereocenters. The van der Waals surface area contributed by atoms with E-state index in [2.05, 4.69) is 5.92 Å². The second kappa shape index (κ2) is 12.3. The molecule has 2 heterocycles. The average Bonchev–Trinajstić information content (AvgIpc) is 2.95. The molecule has 3 aromatic rings. The maximum Gasteiger partial charge on any atom is 0.188 e. The van der Waals surface area contributed by atoms with Gasteiger partial charge < -0.3 is 28.4 Å². The summed E-state index contributed by atoms with van der Waals surface area (Å²) in [5.41, 5.74) is 3.02. The van der Waals surface area contributed by atoms with Gasteiger partial charge in [0.1, 0.15) is 31.0 Å². The molecule has 2 saturated heterocycles. The Morgan fingerprint density at radius 3 is 1.92 bits per heavy atom. The second-order valence-electron chi connectivity index (χ2n) is 8.76. The highest BCUT2D eigenvalue weighted by Gasteiger charge is 2.51. The molecular weight excluding hydrogens is 456 g/mol. The molecule has 0 saturated carbocycles. The SMILES string of the molecule is C#CCO[C@@H]1O[C@@H]2CO[C@@H](c3ccccc3)O[C@H]2[C@H](OCc2ccccc2)[C@H]1OCc1ccccc1. The minimum absolute atomic E-state index is 0.0903. The minimum Gasteiger partial charge on any atom is -0.368 e. The first-order valence-corrected chi connectivity index (χ1v) is 12.2. The fourth-order valence-corrected chi connectivity index (χ4v) is 4.49. The summed E-state index contributed by atoms with van der Waals surface area (Å²) in [6.45, 7) is 1.18. The zero-order valence-corrected chi connectivity index (χ0v) is 20.0. The maximum absolute atomic E-state index is 6.52. The Hall–Kier alpha value is -3.02. The summed E-state index contributed by atoms with van der Waals surface area (Å²) in [6.07, 6.45) is 2.35. The van der Waals surface area contributed by atoms with Gasteiger partial charge in [0.15, 0.2) is 12.6 Å². The van der Waals surface area contributed by atoms with E-state index in [1.165, 1.54) is 0 Å². The summed E-state index contributed by atoms with van der Waals surface area (Å²) >= 11 is 0. The van der Waals surface area contributed by atoms with E-state index in [-0.39, 0.29) is 6.61 Å². The first-order valence-electron chi connectivity index (χ1n) is 12.2. The van der Waals surface area contributed by atoms with Crippen molar-refractivity contribution in [3.63, 3.8) is 0 Å². The Balaban J connectivity index is 1.41. The summed E-state index contributed by atoms with van der Waals surface area (Å²) in [5, 5.41) is 0. The van der Waals surface area contributed by atoms with Gasteiger partial charge in [-0.05, 0) is 11.1 Å². The number of hydrogen-bond acceptors (Lipinski definition) is 6. The molecule has 0 radical (unpaired) electrons. The summed E-state index contributed by atoms with van der Waals surface area (Å²) < 4.78 is 37.6. The molecule has 186 valence electrons. The highest BCUT2D eigenvalue weighted by Crippen LogP contribution is 2.37. The monoisotopic (exact) mass is 486 g/mol. The van der Waals surface area contributed by atoms with Gasteiger partial charge in [-0.15, -0.1) is 6.42 Å². The standard InChI is InChI=1S/C30H30O6/c1-2-18-31-30-28(33-20-23-14-8-4-9-15-23)27(32-19-22-12-6-3-7-13-22)26-25(35-30)21-34-29(36-26)24-16-10-5-11-17-24/h1,3-17,25-30H,18-21H2/t25-,26-,27+,28-,29-,30-/m1/s1. The number of benzene rings is 3. The maximum atomic E-state index is 6.52. The summed E-state index contributed by atoms with van der Waals surface area (Å²) in [5.74, 6) is 2.52. The molecule has 0 N–H and O–H groups in total. The predicted octanol–water partition coefficient (Wildman–Crippen LogP) is 4.65. The van der Waals surface area contributed by atoms with Gasteiger partial charge in [-0.3, -0.25) is 0 Å². The van der Waals surface area contributed by atoms with Gasteiger partial charge in [0.2, 0.25) is 0 Å². The van der Waals surface area contributed by atoms with Crippen molar-refractivity contribution in [1.82, 2.24) is 0 Å². The van der Waals surface area contributed by atoms with Crippen LogP contribution in [-0.2, 0) is 41.6 Å². The topological polar surface area (TPSA) is 55.4 Å². The number of terminal acetylenes is 1. The summed E-state index contributed by atoms with van der Waals surface area (Å²) in [4.78, 5) is 0. The summed E-state index contributed by atoms with van der Waals surface area (Å²) in [6, 6.07) is 29.8. The molecular formula is C30H30O6. The average molecular weight is 487 g/mol. The quantitative estimate of drug-likeness (QED) is 0.411. The number of hydrogen-bond donors (Lipinski definition) is 0. The Bertz CT molecular complexity index is 1100. The van der Waals surface area contributed by atoms with Crippen LogP contribution in [0.4, 0.5) is 0 Å². The van der Waals surface area contributed by atoms with Gasteiger partial charge in [-0.25, -0.2) is 0 Å². The van der Waals surface area contributed by atoms with Crippen molar-refractivity contribution >= 4 is 0 Å². The Morgan fingerprint density at radius 1 is 0.722 bits per heavy atom. The van der Waals surface area contributed by atoms with Crippen molar-refractivity contribution in [2.75, 3.05) is 13.2 Å². The molecule has 0 spiro atoms. The second-order valence-corrected chi connectivity index (χ2v) is 8.76. The molecule has 0 aromatic heterocycles. The minimum atomic E-state index is -0.729. The highest BCUT2D eigenvalue weighted by molar-refractivity contribution is 5.17. The van der Waals surface area contributed by atoms with Crippen LogP contribution in [0.3, 0.4) is 0 Å². The van der Waals surface area contributed by atoms with E-state index in [4.69, 9.17) is 34.8 Å². The largest absolute Gasteiger partial charge is 0.368 e. The highest BCUT2D eigenvalue weighted by atomic mass is 16.8. The van der Waals surface area contributed by atoms with E-state index in [0.29, 0.717) is 19.8 Å². The lowest BCUT2D eigenvalue weighted by molar-refractivity contribution is -0.371. The van der Waals surface area contributed by atoms with Crippen LogP contribution in [0.1, 0.15) is 23.0 Å². The number of ether oxygens (including phenoxy) is 6. The van der Waals surface area contributed by atoms with E-state index in [9.17, 15) is 0 Å². The third-order valence-corrected chi connectivity index (χ3v) is 6.26. The fourth-order valence-electron chi connectivity index (χ4n) is 4.49. The molecule has 2 fully saturated rings. The first-order chi connectivity index (χ1) is 17.8. The van der Waals surface area contributed by atoms with Crippen LogP contribution in [0, 0.1) is 12.3 Å². The molecule has 0 unspecified atom stereocenters. The lowest BCUT2D eigenvalue weighted by atomic mass is 9.97. The van der Waals surface area contributed by atoms with Crippen molar-refractivity contribution in [2.24, 2.45) is 0 Å². The van der Waals surface area contributed by atoms with E-state index >= 15 is 0 Å². The zero-order chi connectivity index (χ0) is 24.6. The van der Waals surface area contributed by atoms with E-state index < -0.39 is 37.0 Å². The molecule has 2 aliphatic heterocycles. The van der Waals surface area contributed by atoms with Crippen LogP contribution in [0.5, 0.6) is 0 Å². The Kier molecular flexibility index (Phi) is 8.42. The van der Waals surface area contributed by atoms with Gasteiger partial charge >= 0.3 is 0 Å². The molecule has 0 amide bonds. The lowest BCUT2D eigenvalue weighted by Crippen LogP contribution is -2.63. The van der Waals surface area contributed by atoms with Gasteiger partial charge in [-0.1, -0.05) is 96.9 Å². The van der Waals surface area contributed by atoms with Crippen LogP contribution < -0.4 is 0 Å². The van der Waals surface area contributed by atoms with Gasteiger partial charge in [-0.2, -0.15) is 0 Å². The third-order valence-electron chi connectivity index (χ3n) is 6.26. The van der Waals surface area contributed by atoms with E-state index in [0.717, 1.165) is 16.7 Å². The molecule has 3 aromatic carbocycles. The Labute approximate surface area is 212 Å². The number of rotatable bonds is 9. The van der Waals surface area contributed by atoms with Crippen molar-refractivity contribution in [2.45, 2.75) is 50.2 Å². The molecule has 6 nitrogen and oxygen atoms in total. The smallest absolute Gasteiger partial charge is 0.188 e. The molecule has 2 aliphatic rings. The van der Waals surface area contributed by atoms with Crippen molar-refractivity contribution in [1.29, 1.82) is 0 Å². The van der Waals surface area contributed by atoms with Crippen molar-refractivity contribution in [3.05, 3.63) is 108 Å². The molecule has 0 bridgehead atoms. The van der Waals surface area contributed by atoms with Crippen LogP contribution >= 0.6 is 0 Å².